The maximum absolute atomic E-state index is 5.70. The summed E-state index contributed by atoms with van der Waals surface area (Å²) in [6.45, 7) is 3.83. The molecule has 0 amide bonds. The zero-order chi connectivity index (χ0) is 5.98. The third-order valence-electron chi connectivity index (χ3n) is 1.71. The smallest absolute Gasteiger partial charge is 0.0506 e. The second kappa shape index (κ2) is 2.46. The number of nitrogens with two attached hydrogens (primary N) is 1. The Balaban J connectivity index is 2.28. The van der Waals surface area contributed by atoms with Crippen LogP contribution in [0, 0.1) is 5.92 Å². The normalized spacial score (nSPS) is 39.8. The summed E-state index contributed by atoms with van der Waals surface area (Å²) in [5.41, 5.74) is 5.70. The zero-order valence-electron chi connectivity index (χ0n) is 5.26. The van der Waals surface area contributed by atoms with Gasteiger partial charge in [0.25, 0.3) is 0 Å². The van der Waals surface area contributed by atoms with Crippen LogP contribution in [0.3, 0.4) is 0 Å². The van der Waals surface area contributed by atoms with Crippen molar-refractivity contribution >= 4 is 0 Å². The number of rotatable bonds is 0. The summed E-state index contributed by atoms with van der Waals surface area (Å²) in [5.74, 6) is 0.559. The molecule has 48 valence electrons. The van der Waals surface area contributed by atoms with E-state index in [0.29, 0.717) is 12.0 Å². The van der Waals surface area contributed by atoms with E-state index in [-0.39, 0.29) is 0 Å². The van der Waals surface area contributed by atoms with Crippen molar-refractivity contribution in [3.8, 4) is 0 Å². The molecule has 1 rings (SSSR count). The van der Waals surface area contributed by atoms with Gasteiger partial charge in [-0.3, -0.25) is 0 Å². The highest BCUT2D eigenvalue weighted by atomic mass is 16.5. The van der Waals surface area contributed by atoms with Gasteiger partial charge in [0.1, 0.15) is 0 Å². The van der Waals surface area contributed by atoms with Gasteiger partial charge < -0.3 is 10.5 Å². The van der Waals surface area contributed by atoms with Gasteiger partial charge in [0.15, 0.2) is 0 Å². The van der Waals surface area contributed by atoms with Crippen LogP contribution in [0.2, 0.25) is 0 Å². The first-order chi connectivity index (χ1) is 3.80. The van der Waals surface area contributed by atoms with Gasteiger partial charge in [0, 0.05) is 12.6 Å². The first-order valence-corrected chi connectivity index (χ1v) is 3.14. The quantitative estimate of drug-likeness (QED) is 0.495. The molecule has 0 radical (unpaired) electrons. The number of hydrogen-bond donors (Lipinski definition) is 1. The topological polar surface area (TPSA) is 35.2 Å². The van der Waals surface area contributed by atoms with E-state index in [1.54, 1.807) is 0 Å². The lowest BCUT2D eigenvalue weighted by molar-refractivity contribution is 0.0491. The van der Waals surface area contributed by atoms with Crippen molar-refractivity contribution in [2.75, 3.05) is 13.2 Å². The molecule has 0 spiro atoms. The molecule has 2 atom stereocenters. The molecule has 0 aromatic rings. The Morgan fingerprint density at radius 2 is 2.38 bits per heavy atom. The minimum absolute atomic E-state index is 0.378. The third kappa shape index (κ3) is 1.20. The molecule has 0 aromatic carbocycles. The van der Waals surface area contributed by atoms with Crippen molar-refractivity contribution < 1.29 is 4.74 Å². The highest BCUT2D eigenvalue weighted by Gasteiger charge is 2.16. The highest BCUT2D eigenvalue weighted by molar-refractivity contribution is 4.71. The summed E-state index contributed by atoms with van der Waals surface area (Å²) in [5, 5.41) is 0. The summed E-state index contributed by atoms with van der Waals surface area (Å²) in [6, 6.07) is 0.378. The van der Waals surface area contributed by atoms with Crippen LogP contribution in [0.5, 0.6) is 0 Å². The molecule has 0 aliphatic carbocycles. The lowest BCUT2D eigenvalue weighted by Gasteiger charge is -2.24. The number of hydrogen-bond acceptors (Lipinski definition) is 2. The van der Waals surface area contributed by atoms with Crippen LogP contribution in [0.15, 0.2) is 0 Å². The minimum atomic E-state index is 0.378. The van der Waals surface area contributed by atoms with Crippen LogP contribution in [-0.4, -0.2) is 19.3 Å². The van der Waals surface area contributed by atoms with Crippen molar-refractivity contribution in [1.82, 2.24) is 0 Å². The van der Waals surface area contributed by atoms with E-state index in [1.807, 2.05) is 0 Å². The molecule has 1 heterocycles. The Labute approximate surface area is 50.0 Å². The summed E-state index contributed by atoms with van der Waals surface area (Å²) in [6.07, 6.45) is 1.03. The molecular formula is C6H13NO. The maximum Gasteiger partial charge on any atom is 0.0506 e. The monoisotopic (exact) mass is 115 g/mol. The molecule has 1 aliphatic rings. The summed E-state index contributed by atoms with van der Waals surface area (Å²) >= 11 is 0. The van der Waals surface area contributed by atoms with Gasteiger partial charge in [-0.25, -0.2) is 0 Å². The van der Waals surface area contributed by atoms with Crippen molar-refractivity contribution in [1.29, 1.82) is 0 Å². The first kappa shape index (κ1) is 6.05. The van der Waals surface area contributed by atoms with Gasteiger partial charge in [0.05, 0.1) is 6.61 Å². The van der Waals surface area contributed by atoms with Crippen molar-refractivity contribution in [2.24, 2.45) is 11.7 Å². The average Bonchev–Trinajstić information content (AvgIpc) is 1.77. The fourth-order valence-corrected chi connectivity index (χ4v) is 0.897. The minimum Gasteiger partial charge on any atom is -0.381 e. The van der Waals surface area contributed by atoms with E-state index in [2.05, 4.69) is 6.92 Å². The molecule has 0 bridgehead atoms. The molecule has 1 saturated heterocycles. The second-order valence-corrected chi connectivity index (χ2v) is 2.50. The predicted molar refractivity (Wildman–Crippen MR) is 32.6 cm³/mol. The standard InChI is InChI=1S/C6H13NO/c1-5-4-8-3-2-6(5)7/h5-6H,2-4,7H2,1H3. The van der Waals surface area contributed by atoms with E-state index in [4.69, 9.17) is 10.5 Å². The molecule has 0 saturated carbocycles. The van der Waals surface area contributed by atoms with Gasteiger partial charge in [0.2, 0.25) is 0 Å². The van der Waals surface area contributed by atoms with Crippen LogP contribution in [0.4, 0.5) is 0 Å². The second-order valence-electron chi connectivity index (χ2n) is 2.50. The molecule has 0 aromatic heterocycles. The van der Waals surface area contributed by atoms with E-state index < -0.39 is 0 Å². The van der Waals surface area contributed by atoms with Crippen molar-refractivity contribution in [3.63, 3.8) is 0 Å². The zero-order valence-corrected chi connectivity index (χ0v) is 5.26. The molecule has 2 unspecified atom stereocenters. The lowest BCUT2D eigenvalue weighted by atomic mass is 9.99. The van der Waals surface area contributed by atoms with Gasteiger partial charge >= 0.3 is 0 Å². The van der Waals surface area contributed by atoms with E-state index in [0.717, 1.165) is 19.6 Å². The van der Waals surface area contributed by atoms with Crippen molar-refractivity contribution in [2.45, 2.75) is 19.4 Å². The van der Waals surface area contributed by atoms with Crippen LogP contribution < -0.4 is 5.73 Å². The SMILES string of the molecule is CC1COCCC1N. The van der Waals surface area contributed by atoms with E-state index in [1.165, 1.54) is 0 Å². The van der Waals surface area contributed by atoms with Crippen LogP contribution in [0.1, 0.15) is 13.3 Å². The fourth-order valence-electron chi connectivity index (χ4n) is 0.897. The number of ether oxygens (including phenoxy) is 1. The van der Waals surface area contributed by atoms with Gasteiger partial charge in [-0.15, -0.1) is 0 Å². The molecule has 8 heavy (non-hydrogen) atoms. The predicted octanol–water partition coefficient (Wildman–Crippen LogP) is 0.370. The molecule has 2 nitrogen and oxygen atoms in total. The average molecular weight is 115 g/mol. The maximum atomic E-state index is 5.70. The Morgan fingerprint density at radius 3 is 2.75 bits per heavy atom. The van der Waals surface area contributed by atoms with Crippen molar-refractivity contribution in [3.05, 3.63) is 0 Å². The van der Waals surface area contributed by atoms with Gasteiger partial charge in [-0.05, 0) is 12.3 Å². The van der Waals surface area contributed by atoms with Gasteiger partial charge in [-0.2, -0.15) is 0 Å². The van der Waals surface area contributed by atoms with Crippen LogP contribution in [0.25, 0.3) is 0 Å². The highest BCUT2D eigenvalue weighted by Crippen LogP contribution is 2.10. The Bertz CT molecular complexity index is 64.9. The largest absolute Gasteiger partial charge is 0.381 e. The lowest BCUT2D eigenvalue weighted by Crippen LogP contribution is -2.36. The molecule has 2 heteroatoms. The molecule has 1 fully saturated rings. The van der Waals surface area contributed by atoms with E-state index in [9.17, 15) is 0 Å². The first-order valence-electron chi connectivity index (χ1n) is 3.14. The summed E-state index contributed by atoms with van der Waals surface area (Å²) < 4.78 is 5.17. The Morgan fingerprint density at radius 1 is 1.62 bits per heavy atom. The van der Waals surface area contributed by atoms with Gasteiger partial charge in [-0.1, -0.05) is 6.92 Å². The van der Waals surface area contributed by atoms with E-state index >= 15 is 0 Å². The fraction of sp³-hybridized carbons (Fsp3) is 1.00. The molecular weight excluding hydrogens is 102 g/mol. The Kier molecular flexibility index (Phi) is 1.86. The third-order valence-corrected chi connectivity index (χ3v) is 1.71. The van der Waals surface area contributed by atoms with Crippen LogP contribution in [-0.2, 0) is 4.74 Å². The van der Waals surface area contributed by atoms with Crippen LogP contribution >= 0.6 is 0 Å². The molecule has 1 aliphatic heterocycles. The Hall–Kier alpha value is -0.0800. The molecule has 2 N–H and O–H groups in total. The summed E-state index contributed by atoms with van der Waals surface area (Å²) in [4.78, 5) is 0. The summed E-state index contributed by atoms with van der Waals surface area (Å²) in [7, 11) is 0.